The molecule has 3 nitrogen and oxygen atoms in total. The van der Waals surface area contributed by atoms with Gasteiger partial charge in [-0.25, -0.2) is 4.98 Å². The molecule has 0 N–H and O–H groups in total. The fraction of sp³-hybridized carbons (Fsp3) is 0.261. The second-order valence-electron chi connectivity index (χ2n) is 8.07. The van der Waals surface area contributed by atoms with Crippen LogP contribution in [-0.4, -0.2) is 16.6 Å². The highest BCUT2D eigenvalue weighted by atomic mass is 16.1. The van der Waals surface area contributed by atoms with E-state index in [0.717, 1.165) is 33.3 Å². The summed E-state index contributed by atoms with van der Waals surface area (Å²) in [4.78, 5) is 30.3. The summed E-state index contributed by atoms with van der Waals surface area (Å²) in [7, 11) is 0. The van der Waals surface area contributed by atoms with Gasteiger partial charge in [0, 0.05) is 47.5 Å². The van der Waals surface area contributed by atoms with Crippen LogP contribution in [0.4, 0.5) is 0 Å². The van der Waals surface area contributed by atoms with Crippen LogP contribution in [0.2, 0.25) is 0 Å². The van der Waals surface area contributed by atoms with Crippen LogP contribution in [0.25, 0.3) is 22.2 Å². The maximum Gasteiger partial charge on any atom is 0.134 e. The van der Waals surface area contributed by atoms with E-state index in [4.69, 9.17) is 4.98 Å². The molecule has 0 radical (unpaired) electrons. The Bertz CT molecular complexity index is 1120. The Kier molecular flexibility index (Phi) is 2.47. The Morgan fingerprint density at radius 2 is 1.35 bits per heavy atom. The number of pyridine rings is 1. The van der Waals surface area contributed by atoms with Crippen molar-refractivity contribution in [1.82, 2.24) is 4.98 Å². The largest absolute Gasteiger partial charge is 0.300 e. The standard InChI is InChI=1S/C23H17NO2/c25-15-10-22-11-16(26)13-23(22,12-15)19-9-14-5-1-4-8-20(14)24-21(19)17-6-2-3-7-18(17)22/h1-9H,10-13H2. The zero-order valence-electron chi connectivity index (χ0n) is 14.3. The van der Waals surface area contributed by atoms with Crippen LogP contribution < -0.4 is 0 Å². The molecular weight excluding hydrogens is 322 g/mol. The molecule has 0 unspecified atom stereocenters. The van der Waals surface area contributed by atoms with Gasteiger partial charge >= 0.3 is 0 Å². The van der Waals surface area contributed by atoms with Crippen molar-refractivity contribution in [3.63, 3.8) is 0 Å². The quantitative estimate of drug-likeness (QED) is 0.619. The number of benzene rings is 2. The van der Waals surface area contributed by atoms with E-state index in [9.17, 15) is 9.59 Å². The molecule has 2 aromatic carbocycles. The minimum Gasteiger partial charge on any atom is -0.300 e. The number of nitrogens with zero attached hydrogens (tertiary/aromatic N) is 1. The van der Waals surface area contributed by atoms with Gasteiger partial charge in [-0.05, 0) is 23.3 Å². The summed E-state index contributed by atoms with van der Waals surface area (Å²) in [6, 6.07) is 18.6. The van der Waals surface area contributed by atoms with Gasteiger partial charge in [0.2, 0.25) is 0 Å². The second kappa shape index (κ2) is 4.47. The molecule has 0 saturated heterocycles. The predicted molar refractivity (Wildman–Crippen MR) is 99.0 cm³/mol. The number of aromatic nitrogens is 1. The van der Waals surface area contributed by atoms with Crippen LogP contribution >= 0.6 is 0 Å². The zero-order chi connectivity index (χ0) is 17.5. The van der Waals surface area contributed by atoms with Gasteiger partial charge in [0.15, 0.2) is 0 Å². The van der Waals surface area contributed by atoms with E-state index in [1.54, 1.807) is 0 Å². The Hall–Kier alpha value is -2.81. The van der Waals surface area contributed by atoms with E-state index in [1.165, 1.54) is 0 Å². The molecule has 3 aromatic rings. The van der Waals surface area contributed by atoms with E-state index in [-0.39, 0.29) is 17.0 Å². The number of Topliss-reactive ketones (excluding diaryl/α,β-unsaturated/α-hetero) is 2. The topological polar surface area (TPSA) is 47.0 Å². The van der Waals surface area contributed by atoms with E-state index < -0.39 is 5.41 Å². The lowest BCUT2D eigenvalue weighted by Crippen LogP contribution is -2.43. The Morgan fingerprint density at radius 3 is 2.12 bits per heavy atom. The summed E-state index contributed by atoms with van der Waals surface area (Å²) < 4.78 is 0. The van der Waals surface area contributed by atoms with Crippen LogP contribution in [0.1, 0.15) is 36.8 Å². The molecule has 26 heavy (non-hydrogen) atoms. The van der Waals surface area contributed by atoms with E-state index in [1.807, 2.05) is 30.3 Å². The number of fused-ring (bicyclic) bond motifs is 4. The smallest absolute Gasteiger partial charge is 0.134 e. The van der Waals surface area contributed by atoms with E-state index in [0.29, 0.717) is 25.7 Å². The van der Waals surface area contributed by atoms with Crippen molar-refractivity contribution in [3.8, 4) is 11.3 Å². The Labute approximate surface area is 151 Å². The van der Waals surface area contributed by atoms with Crippen molar-refractivity contribution < 1.29 is 9.59 Å². The maximum atomic E-state index is 12.7. The highest BCUT2D eigenvalue weighted by Gasteiger charge is 2.67. The highest BCUT2D eigenvalue weighted by molar-refractivity contribution is 6.00. The van der Waals surface area contributed by atoms with Crippen molar-refractivity contribution in [2.24, 2.45) is 0 Å². The third kappa shape index (κ3) is 1.49. The third-order valence-corrected chi connectivity index (χ3v) is 6.85. The van der Waals surface area contributed by atoms with Gasteiger partial charge in [-0.3, -0.25) is 9.59 Å². The summed E-state index contributed by atoms with van der Waals surface area (Å²) in [5, 5.41) is 1.08. The first kappa shape index (κ1) is 14.4. The molecule has 0 aliphatic heterocycles. The van der Waals surface area contributed by atoms with E-state index in [2.05, 4.69) is 24.3 Å². The first-order chi connectivity index (χ1) is 12.6. The van der Waals surface area contributed by atoms with Crippen LogP contribution in [0.15, 0.2) is 54.6 Å². The number of ketones is 2. The summed E-state index contributed by atoms with van der Waals surface area (Å²) >= 11 is 0. The summed E-state index contributed by atoms with van der Waals surface area (Å²) in [5.74, 6) is 0.543. The van der Waals surface area contributed by atoms with Gasteiger partial charge in [0.25, 0.3) is 0 Å². The molecule has 0 amide bonds. The fourth-order valence-corrected chi connectivity index (χ4v) is 5.96. The third-order valence-electron chi connectivity index (χ3n) is 6.85. The lowest BCUT2D eigenvalue weighted by Gasteiger charge is -2.45. The number of para-hydroxylation sites is 1. The molecule has 3 aliphatic carbocycles. The van der Waals surface area contributed by atoms with Crippen LogP contribution in [0.5, 0.6) is 0 Å². The molecular formula is C23H17NO2. The summed E-state index contributed by atoms with van der Waals surface area (Å²) in [6.45, 7) is 0. The molecule has 0 bridgehead atoms. The first-order valence-electron chi connectivity index (χ1n) is 9.17. The SMILES string of the molecule is O=C1CC23CC(=O)CC2(C1)c1cc2ccccc2nc1-c1ccccc13. The van der Waals surface area contributed by atoms with Gasteiger partial charge in [0.05, 0.1) is 11.2 Å². The van der Waals surface area contributed by atoms with Crippen LogP contribution in [0, 0.1) is 0 Å². The monoisotopic (exact) mass is 339 g/mol. The average molecular weight is 339 g/mol. The minimum absolute atomic E-state index is 0.272. The molecule has 6 rings (SSSR count). The average Bonchev–Trinajstić information content (AvgIpc) is 3.08. The Balaban J connectivity index is 1.81. The minimum atomic E-state index is -0.415. The maximum absolute atomic E-state index is 12.7. The zero-order valence-corrected chi connectivity index (χ0v) is 14.3. The molecule has 1 aromatic heterocycles. The van der Waals surface area contributed by atoms with Crippen molar-refractivity contribution in [2.45, 2.75) is 36.5 Å². The van der Waals surface area contributed by atoms with Crippen molar-refractivity contribution >= 4 is 22.5 Å². The lowest BCUT2D eigenvalue weighted by molar-refractivity contribution is -0.120. The van der Waals surface area contributed by atoms with Crippen LogP contribution in [-0.2, 0) is 20.4 Å². The van der Waals surface area contributed by atoms with Gasteiger partial charge in [-0.2, -0.15) is 0 Å². The molecule has 2 saturated carbocycles. The predicted octanol–water partition coefficient (Wildman–Crippen LogP) is 4.12. The van der Waals surface area contributed by atoms with Crippen molar-refractivity contribution in [2.75, 3.05) is 0 Å². The number of hydrogen-bond acceptors (Lipinski definition) is 3. The Morgan fingerprint density at radius 1 is 0.731 bits per heavy atom. The van der Waals surface area contributed by atoms with Crippen LogP contribution in [0.3, 0.4) is 0 Å². The van der Waals surface area contributed by atoms with Crippen molar-refractivity contribution in [3.05, 3.63) is 65.7 Å². The lowest BCUT2D eigenvalue weighted by atomic mass is 9.56. The highest BCUT2D eigenvalue weighted by Crippen LogP contribution is 2.67. The molecule has 126 valence electrons. The normalized spacial score (nSPS) is 28.6. The van der Waals surface area contributed by atoms with Gasteiger partial charge in [-0.15, -0.1) is 0 Å². The van der Waals surface area contributed by atoms with E-state index >= 15 is 0 Å². The van der Waals surface area contributed by atoms with Gasteiger partial charge in [0.1, 0.15) is 11.6 Å². The first-order valence-corrected chi connectivity index (χ1v) is 9.17. The molecule has 0 spiro atoms. The van der Waals surface area contributed by atoms with Gasteiger partial charge in [-0.1, -0.05) is 42.5 Å². The molecule has 3 aliphatic rings. The van der Waals surface area contributed by atoms with Gasteiger partial charge < -0.3 is 0 Å². The molecule has 0 atom stereocenters. The number of carbonyl (C=O) groups is 2. The number of carbonyl (C=O) groups excluding carboxylic acids is 2. The second-order valence-corrected chi connectivity index (χ2v) is 8.07. The fourth-order valence-electron chi connectivity index (χ4n) is 5.96. The number of hydrogen-bond donors (Lipinski definition) is 0. The summed E-state index contributed by atoms with van der Waals surface area (Å²) in [6.07, 6.45) is 1.87. The number of rotatable bonds is 0. The summed E-state index contributed by atoms with van der Waals surface area (Å²) in [5.41, 5.74) is 4.46. The molecule has 2 fully saturated rings. The molecule has 3 heteroatoms. The van der Waals surface area contributed by atoms with Crippen molar-refractivity contribution in [1.29, 1.82) is 0 Å². The molecule has 1 heterocycles.